The van der Waals surface area contributed by atoms with Gasteiger partial charge in [0.05, 0.1) is 0 Å². The highest BCUT2D eigenvalue weighted by Gasteiger charge is 2.10. The summed E-state index contributed by atoms with van der Waals surface area (Å²) in [6.07, 6.45) is 2.19. The summed E-state index contributed by atoms with van der Waals surface area (Å²) in [4.78, 5) is 0. The standard InChI is InChI=1S/C16H20OSi/c18-17-13-16(11-14-7-3-1-4-8-14)12-15-9-5-2-6-10-15/h1-10,16H,11-13H2,18H3. The molecule has 2 aromatic carbocycles. The second kappa shape index (κ2) is 7.14. The lowest BCUT2D eigenvalue weighted by molar-refractivity contribution is 0.267. The summed E-state index contributed by atoms with van der Waals surface area (Å²) in [5.41, 5.74) is 2.80. The van der Waals surface area contributed by atoms with Crippen molar-refractivity contribution >= 4 is 10.5 Å². The molecule has 1 nitrogen and oxygen atoms in total. The quantitative estimate of drug-likeness (QED) is 0.721. The molecule has 18 heavy (non-hydrogen) atoms. The Bertz CT molecular complexity index is 400. The van der Waals surface area contributed by atoms with Crippen molar-refractivity contribution in [1.82, 2.24) is 0 Å². The van der Waals surface area contributed by atoms with Crippen LogP contribution in [0.15, 0.2) is 60.7 Å². The van der Waals surface area contributed by atoms with Crippen molar-refractivity contribution in [1.29, 1.82) is 0 Å². The molecule has 0 heterocycles. The lowest BCUT2D eigenvalue weighted by Gasteiger charge is -2.16. The molecule has 0 saturated carbocycles. The van der Waals surface area contributed by atoms with Gasteiger partial charge in [-0.15, -0.1) is 0 Å². The van der Waals surface area contributed by atoms with Gasteiger partial charge in [0, 0.05) is 6.61 Å². The van der Waals surface area contributed by atoms with Crippen LogP contribution in [-0.2, 0) is 17.3 Å². The molecule has 2 aromatic rings. The Balaban J connectivity index is 2.00. The Kier molecular flexibility index (Phi) is 5.18. The van der Waals surface area contributed by atoms with E-state index in [1.54, 1.807) is 0 Å². The van der Waals surface area contributed by atoms with E-state index in [4.69, 9.17) is 4.43 Å². The third kappa shape index (κ3) is 4.13. The molecule has 0 aliphatic carbocycles. The van der Waals surface area contributed by atoms with Crippen molar-refractivity contribution in [3.63, 3.8) is 0 Å². The molecule has 0 radical (unpaired) electrons. The summed E-state index contributed by atoms with van der Waals surface area (Å²) in [6, 6.07) is 21.4. The molecule has 0 bridgehead atoms. The summed E-state index contributed by atoms with van der Waals surface area (Å²) < 4.78 is 5.49. The predicted octanol–water partition coefficient (Wildman–Crippen LogP) is 2.39. The van der Waals surface area contributed by atoms with Gasteiger partial charge in [0.15, 0.2) is 0 Å². The molecule has 0 aliphatic rings. The Labute approximate surface area is 112 Å². The van der Waals surface area contributed by atoms with Crippen LogP contribution < -0.4 is 0 Å². The number of hydrogen-bond donors (Lipinski definition) is 0. The fourth-order valence-corrected chi connectivity index (χ4v) is 2.79. The van der Waals surface area contributed by atoms with Crippen LogP contribution in [0.1, 0.15) is 11.1 Å². The van der Waals surface area contributed by atoms with Crippen LogP contribution in [0, 0.1) is 5.92 Å². The third-order valence-corrected chi connectivity index (χ3v) is 3.47. The van der Waals surface area contributed by atoms with E-state index in [1.807, 2.05) is 0 Å². The van der Waals surface area contributed by atoms with Gasteiger partial charge in [0.2, 0.25) is 0 Å². The highest BCUT2D eigenvalue weighted by Crippen LogP contribution is 2.15. The van der Waals surface area contributed by atoms with Crippen LogP contribution >= 0.6 is 0 Å². The number of rotatable bonds is 6. The van der Waals surface area contributed by atoms with Gasteiger partial charge in [-0.2, -0.15) is 0 Å². The molecule has 0 unspecified atom stereocenters. The summed E-state index contributed by atoms with van der Waals surface area (Å²) in [5.74, 6) is 0.576. The molecule has 0 N–H and O–H groups in total. The van der Waals surface area contributed by atoms with E-state index in [0.29, 0.717) is 5.92 Å². The Morgan fingerprint density at radius 3 is 1.61 bits per heavy atom. The lowest BCUT2D eigenvalue weighted by atomic mass is 9.93. The Morgan fingerprint density at radius 2 is 1.22 bits per heavy atom. The highest BCUT2D eigenvalue weighted by atomic mass is 28.2. The molecule has 0 aromatic heterocycles. The average Bonchev–Trinajstić information content (AvgIpc) is 2.41. The first-order chi connectivity index (χ1) is 8.88. The zero-order valence-corrected chi connectivity index (χ0v) is 12.9. The zero-order chi connectivity index (χ0) is 12.6. The molecular weight excluding hydrogens is 236 g/mol. The maximum absolute atomic E-state index is 5.49. The minimum absolute atomic E-state index is 0.576. The first-order valence-corrected chi connectivity index (χ1v) is 7.27. The Morgan fingerprint density at radius 1 is 0.778 bits per heavy atom. The highest BCUT2D eigenvalue weighted by molar-refractivity contribution is 5.97. The maximum atomic E-state index is 5.49. The van der Waals surface area contributed by atoms with E-state index < -0.39 is 0 Å². The largest absolute Gasteiger partial charge is 0.428 e. The number of benzene rings is 2. The molecule has 2 rings (SSSR count). The minimum Gasteiger partial charge on any atom is -0.428 e. The van der Waals surface area contributed by atoms with Gasteiger partial charge in [-0.05, 0) is 29.9 Å². The molecular formula is C16H20OSi. The monoisotopic (exact) mass is 256 g/mol. The fourth-order valence-electron chi connectivity index (χ4n) is 2.32. The predicted molar refractivity (Wildman–Crippen MR) is 79.7 cm³/mol. The van der Waals surface area contributed by atoms with E-state index in [2.05, 4.69) is 60.7 Å². The lowest BCUT2D eigenvalue weighted by Crippen LogP contribution is -2.14. The summed E-state index contributed by atoms with van der Waals surface area (Å²) in [6.45, 7) is 0.871. The van der Waals surface area contributed by atoms with Gasteiger partial charge < -0.3 is 4.43 Å². The van der Waals surface area contributed by atoms with Crippen LogP contribution in [0.3, 0.4) is 0 Å². The SMILES string of the molecule is [SiH3]OCC(Cc1ccccc1)Cc1ccccc1. The smallest absolute Gasteiger partial charge is 0.145 e. The van der Waals surface area contributed by atoms with Crippen molar-refractivity contribution in [2.45, 2.75) is 12.8 Å². The first-order valence-electron chi connectivity index (χ1n) is 6.45. The van der Waals surface area contributed by atoms with E-state index in [-0.39, 0.29) is 0 Å². The van der Waals surface area contributed by atoms with Crippen molar-refractivity contribution in [2.24, 2.45) is 5.92 Å². The van der Waals surface area contributed by atoms with Gasteiger partial charge in [0.1, 0.15) is 10.5 Å². The van der Waals surface area contributed by atoms with Gasteiger partial charge in [-0.25, -0.2) is 0 Å². The average molecular weight is 256 g/mol. The van der Waals surface area contributed by atoms with Crippen LogP contribution in [0.2, 0.25) is 0 Å². The van der Waals surface area contributed by atoms with Crippen molar-refractivity contribution < 1.29 is 4.43 Å². The van der Waals surface area contributed by atoms with Gasteiger partial charge in [-0.3, -0.25) is 0 Å². The molecule has 94 valence electrons. The summed E-state index contributed by atoms with van der Waals surface area (Å²) in [5, 5.41) is 0. The van der Waals surface area contributed by atoms with E-state index in [1.165, 1.54) is 11.1 Å². The van der Waals surface area contributed by atoms with E-state index >= 15 is 0 Å². The minimum atomic E-state index is 0.576. The molecule has 0 saturated heterocycles. The van der Waals surface area contributed by atoms with Crippen LogP contribution in [-0.4, -0.2) is 17.1 Å². The normalized spacial score (nSPS) is 10.9. The van der Waals surface area contributed by atoms with Crippen molar-refractivity contribution in [2.75, 3.05) is 6.61 Å². The molecule has 0 amide bonds. The van der Waals surface area contributed by atoms with Gasteiger partial charge in [0.25, 0.3) is 0 Å². The topological polar surface area (TPSA) is 9.23 Å². The van der Waals surface area contributed by atoms with E-state index in [0.717, 1.165) is 29.9 Å². The molecule has 0 spiro atoms. The second-order valence-electron chi connectivity index (χ2n) is 4.70. The van der Waals surface area contributed by atoms with E-state index in [9.17, 15) is 0 Å². The fraction of sp³-hybridized carbons (Fsp3) is 0.250. The van der Waals surface area contributed by atoms with Crippen LogP contribution in [0.4, 0.5) is 0 Å². The third-order valence-electron chi connectivity index (χ3n) is 3.14. The van der Waals surface area contributed by atoms with Crippen LogP contribution in [0.25, 0.3) is 0 Å². The second-order valence-corrected chi connectivity index (χ2v) is 5.28. The molecule has 0 aliphatic heterocycles. The Hall–Kier alpha value is -1.38. The summed E-state index contributed by atoms with van der Waals surface area (Å²) in [7, 11) is 0.821. The van der Waals surface area contributed by atoms with Crippen molar-refractivity contribution in [3.05, 3.63) is 71.8 Å². The van der Waals surface area contributed by atoms with Gasteiger partial charge >= 0.3 is 0 Å². The van der Waals surface area contributed by atoms with Crippen molar-refractivity contribution in [3.8, 4) is 0 Å². The summed E-state index contributed by atoms with van der Waals surface area (Å²) >= 11 is 0. The first kappa shape index (κ1) is 13.1. The maximum Gasteiger partial charge on any atom is 0.145 e. The zero-order valence-electron chi connectivity index (χ0n) is 10.9. The molecule has 0 fully saturated rings. The molecule has 2 heteroatoms. The van der Waals surface area contributed by atoms with Crippen LogP contribution in [0.5, 0.6) is 0 Å². The van der Waals surface area contributed by atoms with Gasteiger partial charge in [-0.1, -0.05) is 60.7 Å². The molecule has 0 atom stereocenters. The number of hydrogen-bond acceptors (Lipinski definition) is 1.